The molecule has 1 aromatic heterocycles. The first-order chi connectivity index (χ1) is 11.6. The molecule has 2 N–H and O–H groups in total. The Morgan fingerprint density at radius 1 is 1.36 bits per heavy atom. The topological polar surface area (TPSA) is 78.6 Å². The number of hydrogen-bond donors (Lipinski definition) is 2. The quantitative estimate of drug-likeness (QED) is 0.350. The highest BCUT2D eigenvalue weighted by Gasteiger charge is 2.22. The van der Waals surface area contributed by atoms with Crippen LogP contribution in [0, 0.1) is 0 Å². The van der Waals surface area contributed by atoms with Crippen LogP contribution in [0.1, 0.15) is 58.2 Å². The Morgan fingerprint density at radius 2 is 2.16 bits per heavy atom. The van der Waals surface area contributed by atoms with Gasteiger partial charge < -0.3 is 15.2 Å². The minimum absolute atomic E-state index is 0. The van der Waals surface area contributed by atoms with E-state index in [2.05, 4.69) is 53.4 Å². The standard InChI is InChI=1S/C17H32N6O.HI/c1-5-18-17(20-12-14-8-7-11-23(14)6-2)19-10-9-15-21-16(13(3)4)22-24-15;/h13-14H,5-12H2,1-4H3,(H2,18,19,20);1H. The highest BCUT2D eigenvalue weighted by Crippen LogP contribution is 2.16. The molecule has 0 radical (unpaired) electrons. The van der Waals surface area contributed by atoms with Gasteiger partial charge in [0.1, 0.15) is 0 Å². The number of hydrogen-bond acceptors (Lipinski definition) is 5. The van der Waals surface area contributed by atoms with E-state index in [0.29, 0.717) is 24.3 Å². The fourth-order valence-corrected chi connectivity index (χ4v) is 2.95. The predicted octanol–water partition coefficient (Wildman–Crippen LogP) is 2.39. The molecule has 1 atom stereocenters. The van der Waals surface area contributed by atoms with Gasteiger partial charge in [-0.3, -0.25) is 9.89 Å². The number of likely N-dealkylation sites (N-methyl/N-ethyl adjacent to an activating group) is 1. The third kappa shape index (κ3) is 7.08. The van der Waals surface area contributed by atoms with Crippen molar-refractivity contribution in [2.24, 2.45) is 4.99 Å². The van der Waals surface area contributed by atoms with E-state index in [1.807, 2.05) is 0 Å². The fourth-order valence-electron chi connectivity index (χ4n) is 2.95. The molecule has 7 nitrogen and oxygen atoms in total. The lowest BCUT2D eigenvalue weighted by Crippen LogP contribution is -2.40. The van der Waals surface area contributed by atoms with Crippen LogP contribution in [-0.4, -0.2) is 59.8 Å². The molecular formula is C17H33IN6O. The summed E-state index contributed by atoms with van der Waals surface area (Å²) in [6.07, 6.45) is 3.23. The van der Waals surface area contributed by atoms with Crippen molar-refractivity contribution in [3.8, 4) is 0 Å². The van der Waals surface area contributed by atoms with Crippen LogP contribution >= 0.6 is 24.0 Å². The van der Waals surface area contributed by atoms with Crippen molar-refractivity contribution in [2.75, 3.05) is 32.7 Å². The van der Waals surface area contributed by atoms with E-state index >= 15 is 0 Å². The van der Waals surface area contributed by atoms with Crippen molar-refractivity contribution in [3.63, 3.8) is 0 Å². The van der Waals surface area contributed by atoms with Gasteiger partial charge in [-0.05, 0) is 32.9 Å². The summed E-state index contributed by atoms with van der Waals surface area (Å²) in [5.74, 6) is 2.60. The van der Waals surface area contributed by atoms with Crippen LogP contribution in [-0.2, 0) is 6.42 Å². The van der Waals surface area contributed by atoms with Crippen LogP contribution in [0.25, 0.3) is 0 Å². The summed E-state index contributed by atoms with van der Waals surface area (Å²) >= 11 is 0. The normalized spacial score (nSPS) is 18.4. The van der Waals surface area contributed by atoms with E-state index in [0.717, 1.165) is 38.0 Å². The van der Waals surface area contributed by atoms with Crippen LogP contribution in [0.15, 0.2) is 9.52 Å². The third-order valence-electron chi connectivity index (χ3n) is 4.34. The maximum absolute atomic E-state index is 5.27. The van der Waals surface area contributed by atoms with E-state index < -0.39 is 0 Å². The molecule has 2 rings (SSSR count). The zero-order chi connectivity index (χ0) is 17.4. The molecule has 0 amide bonds. The van der Waals surface area contributed by atoms with Crippen LogP contribution < -0.4 is 10.6 Å². The molecule has 1 fully saturated rings. The molecule has 1 saturated heterocycles. The Bertz CT molecular complexity index is 519. The van der Waals surface area contributed by atoms with Gasteiger partial charge in [-0.15, -0.1) is 24.0 Å². The lowest BCUT2D eigenvalue weighted by molar-refractivity contribution is 0.273. The number of aromatic nitrogens is 2. The predicted molar refractivity (Wildman–Crippen MR) is 112 cm³/mol. The van der Waals surface area contributed by atoms with Gasteiger partial charge in [-0.2, -0.15) is 4.98 Å². The van der Waals surface area contributed by atoms with Gasteiger partial charge in [0, 0.05) is 31.5 Å². The van der Waals surface area contributed by atoms with Crippen molar-refractivity contribution >= 4 is 29.9 Å². The highest BCUT2D eigenvalue weighted by molar-refractivity contribution is 14.0. The maximum Gasteiger partial charge on any atom is 0.228 e. The minimum Gasteiger partial charge on any atom is -0.357 e. The number of rotatable bonds is 8. The zero-order valence-electron chi connectivity index (χ0n) is 15.9. The largest absolute Gasteiger partial charge is 0.357 e. The minimum atomic E-state index is 0. The molecule has 0 bridgehead atoms. The Morgan fingerprint density at radius 3 is 2.80 bits per heavy atom. The fraction of sp³-hybridized carbons (Fsp3) is 0.824. The summed E-state index contributed by atoms with van der Waals surface area (Å²) in [5, 5.41) is 10.7. The molecule has 0 aromatic carbocycles. The number of nitrogens with one attached hydrogen (secondary N) is 2. The van der Waals surface area contributed by atoms with Crippen LogP contribution in [0.4, 0.5) is 0 Å². The molecule has 1 aliphatic heterocycles. The number of halogens is 1. The molecule has 8 heteroatoms. The summed E-state index contributed by atoms with van der Waals surface area (Å²) < 4.78 is 5.27. The molecule has 0 spiro atoms. The Balaban J connectivity index is 0.00000312. The number of aliphatic imine (C=N–C) groups is 1. The van der Waals surface area contributed by atoms with E-state index in [1.54, 1.807) is 0 Å². The maximum atomic E-state index is 5.27. The first kappa shape index (κ1) is 22.1. The molecule has 1 unspecified atom stereocenters. The molecule has 1 aliphatic rings. The highest BCUT2D eigenvalue weighted by atomic mass is 127. The second-order valence-electron chi connectivity index (χ2n) is 6.52. The SMILES string of the molecule is CCNC(=NCC1CCCN1CC)NCCc1nc(C(C)C)no1.I. The lowest BCUT2D eigenvalue weighted by Gasteiger charge is -2.21. The molecule has 0 aliphatic carbocycles. The number of nitrogens with zero attached hydrogens (tertiary/aromatic N) is 4. The molecule has 2 heterocycles. The second kappa shape index (κ2) is 11.7. The van der Waals surface area contributed by atoms with Crippen molar-refractivity contribution < 1.29 is 4.52 Å². The van der Waals surface area contributed by atoms with Gasteiger partial charge in [0.25, 0.3) is 0 Å². The Labute approximate surface area is 168 Å². The summed E-state index contributed by atoms with van der Waals surface area (Å²) in [7, 11) is 0. The monoisotopic (exact) mass is 464 g/mol. The molecule has 25 heavy (non-hydrogen) atoms. The molecule has 1 aromatic rings. The number of guanidine groups is 1. The van der Waals surface area contributed by atoms with Gasteiger partial charge >= 0.3 is 0 Å². The lowest BCUT2D eigenvalue weighted by atomic mass is 10.2. The van der Waals surface area contributed by atoms with E-state index in [9.17, 15) is 0 Å². The van der Waals surface area contributed by atoms with Gasteiger partial charge in [0.15, 0.2) is 11.8 Å². The number of likely N-dealkylation sites (tertiary alicyclic amines) is 1. The van der Waals surface area contributed by atoms with Crippen molar-refractivity contribution in [1.29, 1.82) is 0 Å². The van der Waals surface area contributed by atoms with Gasteiger partial charge in [0.05, 0.1) is 6.54 Å². The average molecular weight is 464 g/mol. The van der Waals surface area contributed by atoms with Crippen LogP contribution in [0.2, 0.25) is 0 Å². The van der Waals surface area contributed by atoms with Crippen molar-refractivity contribution in [3.05, 3.63) is 11.7 Å². The second-order valence-corrected chi connectivity index (χ2v) is 6.52. The third-order valence-corrected chi connectivity index (χ3v) is 4.34. The smallest absolute Gasteiger partial charge is 0.228 e. The van der Waals surface area contributed by atoms with Gasteiger partial charge in [-0.25, -0.2) is 0 Å². The van der Waals surface area contributed by atoms with E-state index in [4.69, 9.17) is 9.52 Å². The summed E-state index contributed by atoms with van der Waals surface area (Å²) in [4.78, 5) is 11.7. The van der Waals surface area contributed by atoms with Crippen molar-refractivity contribution in [1.82, 2.24) is 25.7 Å². The molecule has 0 saturated carbocycles. The Kier molecular flexibility index (Phi) is 10.3. The van der Waals surface area contributed by atoms with E-state index in [-0.39, 0.29) is 24.0 Å². The Hall–Kier alpha value is -0.900. The van der Waals surface area contributed by atoms with Gasteiger partial charge in [-0.1, -0.05) is 25.9 Å². The average Bonchev–Trinajstić information content (AvgIpc) is 3.21. The molecule has 144 valence electrons. The zero-order valence-corrected chi connectivity index (χ0v) is 18.2. The van der Waals surface area contributed by atoms with Gasteiger partial charge in [0.2, 0.25) is 5.89 Å². The first-order valence-electron chi connectivity index (χ1n) is 9.22. The molecular weight excluding hydrogens is 431 g/mol. The summed E-state index contributed by atoms with van der Waals surface area (Å²) in [6, 6.07) is 0.579. The summed E-state index contributed by atoms with van der Waals surface area (Å²) in [5.41, 5.74) is 0. The van der Waals surface area contributed by atoms with Crippen LogP contribution in [0.5, 0.6) is 0 Å². The summed E-state index contributed by atoms with van der Waals surface area (Å²) in [6.45, 7) is 13.2. The van der Waals surface area contributed by atoms with Crippen molar-refractivity contribution in [2.45, 2.75) is 58.9 Å². The van der Waals surface area contributed by atoms with E-state index in [1.165, 1.54) is 19.4 Å². The van der Waals surface area contributed by atoms with Crippen LogP contribution in [0.3, 0.4) is 0 Å². The first-order valence-corrected chi connectivity index (χ1v) is 9.22.